The van der Waals surface area contributed by atoms with E-state index in [1.54, 1.807) is 6.07 Å². The van der Waals surface area contributed by atoms with Gasteiger partial charge in [-0.05, 0) is 60.2 Å². The summed E-state index contributed by atoms with van der Waals surface area (Å²) >= 11 is 0. The molecule has 0 radical (unpaired) electrons. The molecule has 1 aromatic heterocycles. The molecule has 0 saturated carbocycles. The van der Waals surface area contributed by atoms with Gasteiger partial charge in [0, 0.05) is 12.2 Å². The molecule has 1 aliphatic carbocycles. The number of nitrogens with zero attached hydrogens (tertiary/aromatic N) is 2. The number of sulfonamides is 1. The highest BCUT2D eigenvalue weighted by Gasteiger charge is 2.37. The van der Waals surface area contributed by atoms with E-state index >= 15 is 0 Å². The maximum absolute atomic E-state index is 14.1. The summed E-state index contributed by atoms with van der Waals surface area (Å²) in [5, 5.41) is 0. The maximum atomic E-state index is 14.1. The van der Waals surface area contributed by atoms with Crippen LogP contribution in [0.25, 0.3) is 0 Å². The van der Waals surface area contributed by atoms with Gasteiger partial charge in [-0.15, -0.1) is 0 Å². The molecular weight excluding hydrogens is 445 g/mol. The fourth-order valence-electron chi connectivity index (χ4n) is 4.46. The van der Waals surface area contributed by atoms with Crippen LogP contribution in [0.3, 0.4) is 0 Å². The summed E-state index contributed by atoms with van der Waals surface area (Å²) in [7, 11) is -4.15. The van der Waals surface area contributed by atoms with E-state index in [9.17, 15) is 22.4 Å². The van der Waals surface area contributed by atoms with Crippen LogP contribution in [-0.4, -0.2) is 30.1 Å². The molecule has 3 aromatic rings. The summed E-state index contributed by atoms with van der Waals surface area (Å²) in [4.78, 5) is 30.0. The Balaban J connectivity index is 1.47. The van der Waals surface area contributed by atoms with Gasteiger partial charge in [-0.2, -0.15) is 0 Å². The standard InChI is InChI=1S/C24H20FN3O4S/c25-17-11-10-16(14-28-23(29)19-8-4-12-26-22(19)24(28)30)21(13-17)33(31,32)27-20-9-3-6-15-5-1-2-7-18(15)20/h1-2,4-5,7-8,10-13,20,27H,3,6,9,14H2. The van der Waals surface area contributed by atoms with Crippen molar-refractivity contribution in [2.75, 3.05) is 0 Å². The van der Waals surface area contributed by atoms with Crippen molar-refractivity contribution in [1.29, 1.82) is 0 Å². The van der Waals surface area contributed by atoms with Crippen molar-refractivity contribution >= 4 is 21.8 Å². The maximum Gasteiger partial charge on any atom is 0.280 e. The van der Waals surface area contributed by atoms with Crippen LogP contribution in [0, 0.1) is 5.82 Å². The monoisotopic (exact) mass is 465 g/mol. The molecule has 2 aromatic carbocycles. The van der Waals surface area contributed by atoms with E-state index in [-0.39, 0.29) is 28.3 Å². The van der Waals surface area contributed by atoms with Crippen LogP contribution in [-0.2, 0) is 23.0 Å². The van der Waals surface area contributed by atoms with Gasteiger partial charge in [0.25, 0.3) is 11.8 Å². The summed E-state index contributed by atoms with van der Waals surface area (Å²) in [5.41, 5.74) is 2.30. The van der Waals surface area contributed by atoms with Crippen LogP contribution < -0.4 is 4.72 Å². The number of pyridine rings is 1. The van der Waals surface area contributed by atoms with Gasteiger partial charge in [0.15, 0.2) is 0 Å². The molecule has 1 N–H and O–H groups in total. The summed E-state index contributed by atoms with van der Waals surface area (Å²) in [5.74, 6) is -1.91. The van der Waals surface area contributed by atoms with Crippen molar-refractivity contribution in [3.63, 3.8) is 0 Å². The van der Waals surface area contributed by atoms with Crippen molar-refractivity contribution < 1.29 is 22.4 Å². The predicted octanol–water partition coefficient (Wildman–Crippen LogP) is 3.37. The largest absolute Gasteiger partial charge is 0.280 e. The topological polar surface area (TPSA) is 96.4 Å². The van der Waals surface area contributed by atoms with Gasteiger partial charge >= 0.3 is 0 Å². The minimum Gasteiger partial charge on any atom is -0.268 e. The number of carbonyl (C=O) groups is 2. The molecule has 1 unspecified atom stereocenters. The average molecular weight is 466 g/mol. The summed E-state index contributed by atoms with van der Waals surface area (Å²) in [6.07, 6.45) is 3.72. The Morgan fingerprint density at radius 1 is 1.06 bits per heavy atom. The zero-order chi connectivity index (χ0) is 23.2. The molecule has 0 bridgehead atoms. The van der Waals surface area contributed by atoms with Crippen LogP contribution in [0.1, 0.15) is 56.4 Å². The van der Waals surface area contributed by atoms with E-state index in [2.05, 4.69) is 9.71 Å². The second kappa shape index (κ2) is 8.17. The first-order chi connectivity index (χ1) is 15.8. The lowest BCUT2D eigenvalue weighted by molar-refractivity contribution is 0.0639. The Hall–Kier alpha value is -3.43. The van der Waals surface area contributed by atoms with E-state index in [1.165, 1.54) is 18.3 Å². The molecule has 0 spiro atoms. The molecule has 0 saturated heterocycles. The molecule has 9 heteroatoms. The lowest BCUT2D eigenvalue weighted by atomic mass is 9.88. The van der Waals surface area contributed by atoms with Crippen LogP contribution in [0.15, 0.2) is 65.7 Å². The Morgan fingerprint density at radius 3 is 2.70 bits per heavy atom. The molecule has 2 amide bonds. The number of fused-ring (bicyclic) bond motifs is 2. The first-order valence-corrected chi connectivity index (χ1v) is 12.0. The van der Waals surface area contributed by atoms with Crippen molar-refractivity contribution in [1.82, 2.24) is 14.6 Å². The average Bonchev–Trinajstić information content (AvgIpc) is 3.05. The Morgan fingerprint density at radius 2 is 1.88 bits per heavy atom. The van der Waals surface area contributed by atoms with Crippen LogP contribution in [0.4, 0.5) is 4.39 Å². The number of rotatable bonds is 5. The number of imide groups is 1. The fraction of sp³-hybridized carbons (Fsp3) is 0.208. The minimum atomic E-state index is -4.15. The molecule has 1 aliphatic heterocycles. The third-order valence-electron chi connectivity index (χ3n) is 6.05. The van der Waals surface area contributed by atoms with Crippen LogP contribution in [0.2, 0.25) is 0 Å². The SMILES string of the molecule is O=C1c2cccnc2C(=O)N1Cc1ccc(F)cc1S(=O)(=O)NC1CCCc2ccccc21. The number of hydrogen-bond donors (Lipinski definition) is 1. The molecule has 2 heterocycles. The number of halogens is 1. The number of nitrogens with one attached hydrogen (secondary N) is 1. The lowest BCUT2D eigenvalue weighted by Gasteiger charge is -2.26. The second-order valence-corrected chi connectivity index (χ2v) is 9.80. The highest BCUT2D eigenvalue weighted by molar-refractivity contribution is 7.89. The second-order valence-electron chi connectivity index (χ2n) is 8.11. The van der Waals surface area contributed by atoms with Crippen LogP contribution >= 0.6 is 0 Å². The molecule has 33 heavy (non-hydrogen) atoms. The highest BCUT2D eigenvalue weighted by Crippen LogP contribution is 2.32. The Labute approximate surface area is 190 Å². The molecule has 168 valence electrons. The van der Waals surface area contributed by atoms with Gasteiger partial charge in [0.1, 0.15) is 11.5 Å². The smallest absolute Gasteiger partial charge is 0.268 e. The van der Waals surface area contributed by atoms with Gasteiger partial charge < -0.3 is 0 Å². The number of aryl methyl sites for hydroxylation is 1. The summed E-state index contributed by atoms with van der Waals surface area (Å²) < 4.78 is 43.6. The lowest BCUT2D eigenvalue weighted by Crippen LogP contribution is -2.33. The summed E-state index contributed by atoms with van der Waals surface area (Å²) in [6.45, 7) is -0.314. The Bertz CT molecular complexity index is 1350. The number of hydrogen-bond acceptors (Lipinski definition) is 5. The first-order valence-electron chi connectivity index (χ1n) is 10.5. The van der Waals surface area contributed by atoms with Crippen LogP contribution in [0.5, 0.6) is 0 Å². The third-order valence-corrected chi connectivity index (χ3v) is 7.60. The van der Waals surface area contributed by atoms with Gasteiger partial charge in [0.2, 0.25) is 10.0 Å². The van der Waals surface area contributed by atoms with Gasteiger partial charge in [-0.1, -0.05) is 30.3 Å². The van der Waals surface area contributed by atoms with E-state index in [4.69, 9.17) is 0 Å². The molecular formula is C24H20FN3O4S. The molecule has 7 nitrogen and oxygen atoms in total. The van der Waals surface area contributed by atoms with Crippen molar-refractivity contribution in [3.8, 4) is 0 Å². The van der Waals surface area contributed by atoms with Gasteiger partial charge in [0.05, 0.1) is 17.0 Å². The summed E-state index contributed by atoms with van der Waals surface area (Å²) in [6, 6.07) is 13.5. The number of benzene rings is 2. The molecule has 1 atom stereocenters. The highest BCUT2D eigenvalue weighted by atomic mass is 32.2. The molecule has 5 rings (SSSR count). The van der Waals surface area contributed by atoms with E-state index in [0.29, 0.717) is 6.42 Å². The Kier molecular flexibility index (Phi) is 5.30. The number of amides is 2. The predicted molar refractivity (Wildman–Crippen MR) is 117 cm³/mol. The van der Waals surface area contributed by atoms with E-state index < -0.39 is 33.7 Å². The van der Waals surface area contributed by atoms with Crippen molar-refractivity contribution in [2.24, 2.45) is 0 Å². The zero-order valence-electron chi connectivity index (χ0n) is 17.5. The normalized spacial score (nSPS) is 17.7. The minimum absolute atomic E-state index is 0.0194. The van der Waals surface area contributed by atoms with Gasteiger partial charge in [-0.3, -0.25) is 19.5 Å². The number of aromatic nitrogens is 1. The van der Waals surface area contributed by atoms with E-state index in [1.807, 2.05) is 24.3 Å². The van der Waals surface area contributed by atoms with Crippen molar-refractivity contribution in [2.45, 2.75) is 36.7 Å². The number of carbonyl (C=O) groups excluding carboxylic acids is 2. The van der Waals surface area contributed by atoms with E-state index in [0.717, 1.165) is 41.0 Å². The fourth-order valence-corrected chi connectivity index (χ4v) is 5.96. The van der Waals surface area contributed by atoms with Crippen molar-refractivity contribution in [3.05, 3.63) is 94.6 Å². The molecule has 2 aliphatic rings. The zero-order valence-corrected chi connectivity index (χ0v) is 18.3. The first kappa shape index (κ1) is 21.4. The molecule has 0 fully saturated rings. The third kappa shape index (κ3) is 3.83. The quantitative estimate of drug-likeness (QED) is 0.583. The van der Waals surface area contributed by atoms with Gasteiger partial charge in [-0.25, -0.2) is 17.5 Å².